The van der Waals surface area contributed by atoms with Gasteiger partial charge in [0.25, 0.3) is 0 Å². The number of carboxylic acids is 4. The molecule has 1 saturated heterocycles. The van der Waals surface area contributed by atoms with Crippen LogP contribution in [0.3, 0.4) is 0 Å². The van der Waals surface area contributed by atoms with E-state index in [0.717, 1.165) is 0 Å². The topological polar surface area (TPSA) is 301 Å². The van der Waals surface area contributed by atoms with E-state index in [2.05, 4.69) is 10.6 Å². The lowest BCUT2D eigenvalue weighted by molar-refractivity contribution is -0.146. The fourth-order valence-corrected chi connectivity index (χ4v) is 5.35. The van der Waals surface area contributed by atoms with Crippen molar-refractivity contribution >= 4 is 59.1 Å². The number of ether oxygens (including phenoxy) is 2. The predicted molar refractivity (Wildman–Crippen MR) is 184 cm³/mol. The number of hydrogen-bond donors (Lipinski definition) is 6. The molecule has 3 atom stereocenters. The molecule has 1 rings (SSSR count). The number of rotatable bonds is 31. The first-order valence-corrected chi connectivity index (χ1v) is 17.6. The van der Waals surface area contributed by atoms with Gasteiger partial charge in [-0.05, 0) is 12.3 Å². The number of carbonyl (C=O) groups is 10. The fourth-order valence-electron chi connectivity index (χ4n) is 5.35. The molecule has 3 unspecified atom stereocenters. The van der Waals surface area contributed by atoms with Crippen molar-refractivity contribution in [1.82, 2.24) is 20.4 Å². The number of nitrogens with zero attached hydrogens (tertiary/aromatic N) is 2. The summed E-state index contributed by atoms with van der Waals surface area (Å²) in [5.41, 5.74) is 0. The van der Waals surface area contributed by atoms with Crippen LogP contribution in [0.15, 0.2) is 0 Å². The van der Waals surface area contributed by atoms with Crippen molar-refractivity contribution < 1.29 is 77.8 Å². The first-order chi connectivity index (χ1) is 25.4. The van der Waals surface area contributed by atoms with Gasteiger partial charge in [0.2, 0.25) is 23.6 Å². The van der Waals surface area contributed by atoms with E-state index in [1.165, 1.54) is 4.90 Å². The molecule has 20 heteroatoms. The Hall–Kier alpha value is -4.82. The van der Waals surface area contributed by atoms with Crippen LogP contribution in [0.25, 0.3) is 0 Å². The number of Topliss-reactive ketones (excluding diaryl/α,β-unsaturated/α-hetero) is 2. The highest BCUT2D eigenvalue weighted by Gasteiger charge is 2.39. The maximum atomic E-state index is 12.7. The monoisotopic (exact) mass is 772 g/mol. The quantitative estimate of drug-likeness (QED) is 0.0280. The van der Waals surface area contributed by atoms with E-state index in [1.54, 1.807) is 0 Å². The molecular formula is C34H52N4O16. The summed E-state index contributed by atoms with van der Waals surface area (Å²) in [7, 11) is 0. The van der Waals surface area contributed by atoms with E-state index >= 15 is 0 Å². The average Bonchev–Trinajstić information content (AvgIpc) is 3.35. The van der Waals surface area contributed by atoms with E-state index in [4.69, 9.17) is 19.7 Å². The number of likely N-dealkylation sites (tertiary alicyclic amines) is 1. The second-order valence-corrected chi connectivity index (χ2v) is 13.2. The molecule has 1 aliphatic rings. The average molecular weight is 773 g/mol. The number of nitrogens with one attached hydrogen (secondary N) is 2. The number of hydrogen-bond acceptors (Lipinski definition) is 13. The molecule has 54 heavy (non-hydrogen) atoms. The van der Waals surface area contributed by atoms with Gasteiger partial charge in [-0.25, -0.2) is 0 Å². The van der Waals surface area contributed by atoms with Crippen molar-refractivity contribution in [2.24, 2.45) is 23.7 Å². The minimum atomic E-state index is -1.38. The molecule has 0 aromatic carbocycles. The largest absolute Gasteiger partial charge is 0.481 e. The molecule has 0 aromatic heterocycles. The van der Waals surface area contributed by atoms with Gasteiger partial charge >= 0.3 is 23.9 Å². The summed E-state index contributed by atoms with van der Waals surface area (Å²) in [5.74, 6) is -11.4. The maximum Gasteiger partial charge on any atom is 0.310 e. The first kappa shape index (κ1) is 47.2. The Balaban J connectivity index is 2.57. The van der Waals surface area contributed by atoms with Gasteiger partial charge in [0, 0.05) is 77.3 Å². The lowest BCUT2D eigenvalue weighted by Gasteiger charge is -2.24. The summed E-state index contributed by atoms with van der Waals surface area (Å²) < 4.78 is 11.1. The summed E-state index contributed by atoms with van der Waals surface area (Å²) in [5, 5.41) is 40.7. The van der Waals surface area contributed by atoms with Crippen LogP contribution in [-0.2, 0) is 57.4 Å². The maximum absolute atomic E-state index is 12.7. The molecule has 4 amide bonds. The predicted octanol–water partition coefficient (Wildman–Crippen LogP) is -0.975. The number of carbonyl (C=O) groups excluding carboxylic acids is 6. The highest BCUT2D eigenvalue weighted by molar-refractivity contribution is 6.03. The first-order valence-electron chi connectivity index (χ1n) is 17.6. The van der Waals surface area contributed by atoms with E-state index in [9.17, 15) is 58.2 Å². The van der Waals surface area contributed by atoms with Gasteiger partial charge in [0.15, 0.2) is 0 Å². The van der Waals surface area contributed by atoms with Crippen molar-refractivity contribution in [3.63, 3.8) is 0 Å². The van der Waals surface area contributed by atoms with Gasteiger partial charge in [0.1, 0.15) is 24.4 Å². The summed E-state index contributed by atoms with van der Waals surface area (Å²) >= 11 is 0. The van der Waals surface area contributed by atoms with E-state index in [1.807, 2.05) is 18.7 Å². The summed E-state index contributed by atoms with van der Waals surface area (Å²) in [6, 6.07) is 0. The Morgan fingerprint density at radius 3 is 1.54 bits per heavy atom. The Bertz CT molecular complexity index is 1280. The highest BCUT2D eigenvalue weighted by atomic mass is 16.5. The number of amides is 4. The zero-order valence-electron chi connectivity index (χ0n) is 30.6. The van der Waals surface area contributed by atoms with Gasteiger partial charge < -0.3 is 40.5 Å². The minimum absolute atomic E-state index is 0.0230. The van der Waals surface area contributed by atoms with E-state index < -0.39 is 84.8 Å². The fraction of sp³-hybridized carbons (Fsp3) is 0.706. The van der Waals surface area contributed by atoms with Crippen molar-refractivity contribution in [3.05, 3.63) is 0 Å². The molecule has 1 fully saturated rings. The normalized spacial score (nSPS) is 15.3. The molecule has 1 aliphatic heterocycles. The summed E-state index contributed by atoms with van der Waals surface area (Å²) in [6.45, 7) is 4.67. The molecule has 0 radical (unpaired) electrons. The number of carboxylic acid groups (broad SMARTS) is 4. The molecule has 1 heterocycles. The molecule has 0 spiro atoms. The number of ketones is 2. The standard InChI is InChI=1S/C34H52N4O16/c1-21(2)26-18-29(43)38(32(26)48)7-3-6-37(8-12-53-10-4-27(41)35-19-22(33(49)50)14-24(39)16-30(44)45)9-13-54-11-5-28(42)36-20-23(34(51)52)15-25(40)17-31(46)47/h21-23,26H,3-20H2,1-2H3,(H,35,41)(H,36,42)(H,44,45)(H,46,47)(H,49,50)(H,51,52). The summed E-state index contributed by atoms with van der Waals surface area (Å²) in [4.78, 5) is 120. The molecule has 0 saturated carbocycles. The van der Waals surface area contributed by atoms with Crippen LogP contribution in [0.5, 0.6) is 0 Å². The molecule has 6 N–H and O–H groups in total. The van der Waals surface area contributed by atoms with Crippen LogP contribution in [0.1, 0.15) is 65.2 Å². The molecular weight excluding hydrogens is 720 g/mol. The smallest absolute Gasteiger partial charge is 0.310 e. The number of imide groups is 1. The van der Waals surface area contributed by atoms with Crippen molar-refractivity contribution in [3.8, 4) is 0 Å². The van der Waals surface area contributed by atoms with E-state index in [-0.39, 0.29) is 89.0 Å². The zero-order valence-corrected chi connectivity index (χ0v) is 30.6. The third-order valence-electron chi connectivity index (χ3n) is 8.42. The molecule has 0 aromatic rings. The van der Waals surface area contributed by atoms with Crippen LogP contribution >= 0.6 is 0 Å². The minimum Gasteiger partial charge on any atom is -0.481 e. The number of aliphatic carboxylic acids is 4. The Labute approximate surface area is 311 Å². The SMILES string of the molecule is CC(C)C1CC(=O)N(CCCN(CCOCCC(=O)NCC(CC(=O)CC(=O)O)C(=O)O)CCOCCC(=O)NCC(CC(=O)CC(=O)O)C(=O)O)C1=O. The molecule has 20 nitrogen and oxygen atoms in total. The van der Waals surface area contributed by atoms with Crippen LogP contribution in [0, 0.1) is 23.7 Å². The lowest BCUT2D eigenvalue weighted by Crippen LogP contribution is -2.37. The Kier molecular flexibility index (Phi) is 22.1. The van der Waals surface area contributed by atoms with Gasteiger partial charge in [-0.1, -0.05) is 13.8 Å². The van der Waals surface area contributed by atoms with Crippen molar-refractivity contribution in [2.75, 3.05) is 65.7 Å². The van der Waals surface area contributed by atoms with Crippen LogP contribution in [0.2, 0.25) is 0 Å². The van der Waals surface area contributed by atoms with Crippen molar-refractivity contribution in [2.45, 2.75) is 65.2 Å². The molecule has 304 valence electrons. The van der Waals surface area contributed by atoms with Gasteiger partial charge in [-0.15, -0.1) is 0 Å². The lowest BCUT2D eigenvalue weighted by atomic mass is 9.94. The zero-order chi connectivity index (χ0) is 40.8. The van der Waals surface area contributed by atoms with Crippen LogP contribution < -0.4 is 10.6 Å². The Morgan fingerprint density at radius 1 is 0.722 bits per heavy atom. The second-order valence-electron chi connectivity index (χ2n) is 13.2. The third-order valence-corrected chi connectivity index (χ3v) is 8.42. The van der Waals surface area contributed by atoms with Gasteiger partial charge in [0.05, 0.1) is 38.3 Å². The summed E-state index contributed by atoms with van der Waals surface area (Å²) in [6.07, 6.45) is -2.35. The second kappa shape index (κ2) is 25.2. The third kappa shape index (κ3) is 19.9. The van der Waals surface area contributed by atoms with Crippen LogP contribution in [0.4, 0.5) is 0 Å². The highest BCUT2D eigenvalue weighted by Crippen LogP contribution is 2.26. The Morgan fingerprint density at radius 2 is 1.17 bits per heavy atom. The van der Waals surface area contributed by atoms with E-state index in [0.29, 0.717) is 26.1 Å². The van der Waals surface area contributed by atoms with Gasteiger partial charge in [-0.2, -0.15) is 0 Å². The van der Waals surface area contributed by atoms with Crippen molar-refractivity contribution in [1.29, 1.82) is 0 Å². The molecule has 0 aliphatic carbocycles. The molecule has 0 bridgehead atoms. The van der Waals surface area contributed by atoms with Crippen LogP contribution in [-0.4, -0.2) is 155 Å². The van der Waals surface area contributed by atoms with Gasteiger partial charge in [-0.3, -0.25) is 57.7 Å².